The summed E-state index contributed by atoms with van der Waals surface area (Å²) in [5.41, 5.74) is -0.0694. The van der Waals surface area contributed by atoms with E-state index < -0.39 is 17.5 Å². The number of amides is 1. The van der Waals surface area contributed by atoms with Crippen LogP contribution in [0.5, 0.6) is 0 Å². The van der Waals surface area contributed by atoms with E-state index in [2.05, 4.69) is 16.7 Å². The van der Waals surface area contributed by atoms with Crippen LogP contribution >= 0.6 is 0 Å². The van der Waals surface area contributed by atoms with Gasteiger partial charge < -0.3 is 10.6 Å². The van der Waals surface area contributed by atoms with Gasteiger partial charge in [0, 0.05) is 25.7 Å². The molecular formula is C13H14F2N4O. The first-order chi connectivity index (χ1) is 9.60. The summed E-state index contributed by atoms with van der Waals surface area (Å²) >= 11 is 0. The smallest absolute Gasteiger partial charge is 0.238 e. The molecule has 2 N–H and O–H groups in total. The van der Waals surface area contributed by atoms with Gasteiger partial charge >= 0.3 is 0 Å². The summed E-state index contributed by atoms with van der Waals surface area (Å²) in [7, 11) is 0. The fourth-order valence-corrected chi connectivity index (χ4v) is 2.03. The van der Waals surface area contributed by atoms with Crippen LogP contribution in [0.3, 0.4) is 0 Å². The molecule has 2 rings (SSSR count). The number of anilines is 1. The normalized spacial score (nSPS) is 19.4. The molecule has 1 atom stereocenters. The Morgan fingerprint density at radius 2 is 2.35 bits per heavy atom. The van der Waals surface area contributed by atoms with Gasteiger partial charge in [-0.2, -0.15) is 5.26 Å². The highest BCUT2D eigenvalue weighted by atomic mass is 19.1. The second-order valence-electron chi connectivity index (χ2n) is 4.49. The monoisotopic (exact) mass is 280 g/mol. The molecule has 0 aliphatic carbocycles. The third-order valence-electron chi connectivity index (χ3n) is 3.06. The summed E-state index contributed by atoms with van der Waals surface area (Å²) in [4.78, 5) is 13.6. The van der Waals surface area contributed by atoms with Gasteiger partial charge in [-0.3, -0.25) is 9.69 Å². The van der Waals surface area contributed by atoms with Crippen LogP contribution in [0, 0.1) is 23.0 Å². The predicted octanol–water partition coefficient (Wildman–Crippen LogP) is 0.701. The van der Waals surface area contributed by atoms with Gasteiger partial charge in [-0.1, -0.05) is 0 Å². The van der Waals surface area contributed by atoms with Crippen molar-refractivity contribution in [2.45, 2.75) is 6.04 Å². The Bertz CT molecular complexity index is 544. The van der Waals surface area contributed by atoms with Crippen molar-refractivity contribution < 1.29 is 13.6 Å². The van der Waals surface area contributed by atoms with E-state index in [9.17, 15) is 13.6 Å². The van der Waals surface area contributed by atoms with Gasteiger partial charge in [-0.05, 0) is 12.1 Å². The van der Waals surface area contributed by atoms with Crippen molar-refractivity contribution in [3.05, 3.63) is 29.8 Å². The zero-order valence-corrected chi connectivity index (χ0v) is 10.7. The first-order valence-electron chi connectivity index (χ1n) is 6.19. The molecule has 5 nitrogen and oxygen atoms in total. The molecule has 7 heteroatoms. The molecule has 1 heterocycles. The lowest BCUT2D eigenvalue weighted by Gasteiger charge is -2.31. The quantitative estimate of drug-likeness (QED) is 0.855. The molecule has 1 amide bonds. The van der Waals surface area contributed by atoms with Crippen molar-refractivity contribution in [2.24, 2.45) is 0 Å². The second-order valence-corrected chi connectivity index (χ2v) is 4.49. The maximum Gasteiger partial charge on any atom is 0.238 e. The minimum atomic E-state index is -0.824. The average Bonchev–Trinajstić information content (AvgIpc) is 2.42. The van der Waals surface area contributed by atoms with Crippen molar-refractivity contribution in [3.63, 3.8) is 0 Å². The number of nitrogens with one attached hydrogen (secondary N) is 2. The van der Waals surface area contributed by atoms with E-state index in [0.717, 1.165) is 6.07 Å². The first-order valence-corrected chi connectivity index (χ1v) is 6.19. The molecular weight excluding hydrogens is 266 g/mol. The van der Waals surface area contributed by atoms with Crippen LogP contribution in [0.1, 0.15) is 0 Å². The highest BCUT2D eigenvalue weighted by Crippen LogP contribution is 2.15. The lowest BCUT2D eigenvalue weighted by Crippen LogP contribution is -2.52. The summed E-state index contributed by atoms with van der Waals surface area (Å²) in [5, 5.41) is 14.4. The summed E-state index contributed by atoms with van der Waals surface area (Å²) in [6.07, 6.45) is 0. The number of benzene rings is 1. The van der Waals surface area contributed by atoms with Gasteiger partial charge in [0.1, 0.15) is 17.7 Å². The molecule has 0 saturated carbocycles. The van der Waals surface area contributed by atoms with E-state index >= 15 is 0 Å². The molecule has 1 aliphatic rings. The van der Waals surface area contributed by atoms with Crippen LogP contribution in [0.4, 0.5) is 14.5 Å². The number of rotatable bonds is 3. The number of nitriles is 1. The summed E-state index contributed by atoms with van der Waals surface area (Å²) < 4.78 is 26.2. The Morgan fingerprint density at radius 1 is 1.55 bits per heavy atom. The van der Waals surface area contributed by atoms with E-state index in [-0.39, 0.29) is 18.3 Å². The Balaban J connectivity index is 1.96. The van der Waals surface area contributed by atoms with Crippen LogP contribution in [0.25, 0.3) is 0 Å². The topological polar surface area (TPSA) is 68.2 Å². The van der Waals surface area contributed by atoms with Crippen molar-refractivity contribution in [2.75, 3.05) is 31.5 Å². The van der Waals surface area contributed by atoms with E-state index in [1.54, 1.807) is 4.90 Å². The van der Waals surface area contributed by atoms with Crippen molar-refractivity contribution in [1.82, 2.24) is 10.2 Å². The van der Waals surface area contributed by atoms with Crippen LogP contribution < -0.4 is 10.6 Å². The molecule has 1 aromatic rings. The maximum atomic E-state index is 13.4. The van der Waals surface area contributed by atoms with Gasteiger partial charge in [-0.15, -0.1) is 0 Å². The molecule has 1 unspecified atom stereocenters. The van der Waals surface area contributed by atoms with Gasteiger partial charge in [0.15, 0.2) is 0 Å². The zero-order chi connectivity index (χ0) is 14.5. The molecule has 1 aliphatic heterocycles. The number of halogens is 2. The van der Waals surface area contributed by atoms with Crippen molar-refractivity contribution in [1.29, 1.82) is 5.26 Å². The highest BCUT2D eigenvalue weighted by molar-refractivity contribution is 5.92. The van der Waals surface area contributed by atoms with Gasteiger partial charge in [0.25, 0.3) is 0 Å². The Hall–Kier alpha value is -2.04. The largest absolute Gasteiger partial charge is 0.322 e. The van der Waals surface area contributed by atoms with Crippen LogP contribution in [0.2, 0.25) is 0 Å². The SMILES string of the molecule is N#CC1CNCCN1CC(=O)Nc1ccc(F)cc1F. The van der Waals surface area contributed by atoms with Gasteiger partial charge in [0.2, 0.25) is 5.91 Å². The number of hydrogen-bond donors (Lipinski definition) is 2. The second kappa shape index (κ2) is 6.41. The van der Waals surface area contributed by atoms with Gasteiger partial charge in [-0.25, -0.2) is 8.78 Å². The first kappa shape index (κ1) is 14.4. The summed E-state index contributed by atoms with van der Waals surface area (Å²) in [6.45, 7) is 1.75. The molecule has 0 radical (unpaired) electrons. The number of carbonyl (C=O) groups is 1. The minimum Gasteiger partial charge on any atom is -0.322 e. The van der Waals surface area contributed by atoms with Crippen molar-refractivity contribution in [3.8, 4) is 6.07 Å². The number of nitrogens with zero attached hydrogens (tertiary/aromatic N) is 2. The predicted molar refractivity (Wildman–Crippen MR) is 68.8 cm³/mol. The highest BCUT2D eigenvalue weighted by Gasteiger charge is 2.23. The third-order valence-corrected chi connectivity index (χ3v) is 3.06. The van der Waals surface area contributed by atoms with Crippen LogP contribution in [-0.2, 0) is 4.79 Å². The van der Waals surface area contributed by atoms with Crippen molar-refractivity contribution >= 4 is 11.6 Å². The van der Waals surface area contributed by atoms with Crippen LogP contribution in [-0.4, -0.2) is 43.0 Å². The lowest BCUT2D eigenvalue weighted by molar-refractivity contribution is -0.117. The molecule has 1 aromatic carbocycles. The molecule has 0 bridgehead atoms. The summed E-state index contributed by atoms with van der Waals surface area (Å²) in [5.74, 6) is -1.96. The maximum absolute atomic E-state index is 13.4. The molecule has 0 spiro atoms. The standard InChI is InChI=1S/C13H14F2N4O/c14-9-1-2-12(11(15)5-9)18-13(20)8-19-4-3-17-7-10(19)6-16/h1-2,5,10,17H,3-4,7-8H2,(H,18,20). The lowest BCUT2D eigenvalue weighted by atomic mass is 10.2. The number of hydrogen-bond acceptors (Lipinski definition) is 4. The molecule has 0 aromatic heterocycles. The zero-order valence-electron chi connectivity index (χ0n) is 10.7. The molecule has 20 heavy (non-hydrogen) atoms. The van der Waals surface area contributed by atoms with E-state index in [1.165, 1.54) is 6.07 Å². The Morgan fingerprint density at radius 3 is 3.05 bits per heavy atom. The van der Waals surface area contributed by atoms with Gasteiger partial charge in [0.05, 0.1) is 18.3 Å². The number of carbonyl (C=O) groups excluding carboxylic acids is 1. The molecule has 1 fully saturated rings. The Kier molecular flexibility index (Phi) is 4.61. The molecule has 106 valence electrons. The average molecular weight is 280 g/mol. The Labute approximate surface area is 115 Å². The number of piperazine rings is 1. The fraction of sp³-hybridized carbons (Fsp3) is 0.385. The summed E-state index contributed by atoms with van der Waals surface area (Å²) in [6, 6.07) is 4.67. The van der Waals surface area contributed by atoms with Crippen LogP contribution in [0.15, 0.2) is 18.2 Å². The van der Waals surface area contributed by atoms with E-state index in [4.69, 9.17) is 5.26 Å². The fourth-order valence-electron chi connectivity index (χ4n) is 2.03. The molecule has 1 saturated heterocycles. The van der Waals surface area contributed by atoms with E-state index in [1.807, 2.05) is 0 Å². The third kappa shape index (κ3) is 3.50. The minimum absolute atomic E-state index is 0.00325. The van der Waals surface area contributed by atoms with E-state index in [0.29, 0.717) is 25.7 Å².